The van der Waals surface area contributed by atoms with Gasteiger partial charge in [0.1, 0.15) is 11.6 Å². The maximum Gasteiger partial charge on any atom is 0.269 e. The van der Waals surface area contributed by atoms with E-state index in [-0.39, 0.29) is 23.7 Å². The summed E-state index contributed by atoms with van der Waals surface area (Å²) in [5, 5.41) is 20.4. The minimum absolute atomic E-state index is 0.113. The fourth-order valence-electron chi connectivity index (χ4n) is 1.80. The molecule has 0 saturated heterocycles. The van der Waals surface area contributed by atoms with Crippen LogP contribution in [0.1, 0.15) is 36.8 Å². The van der Waals surface area contributed by atoms with Gasteiger partial charge in [0, 0.05) is 6.20 Å². The van der Waals surface area contributed by atoms with Crippen LogP contribution in [0.25, 0.3) is 0 Å². The van der Waals surface area contributed by atoms with Gasteiger partial charge in [0.25, 0.3) is 5.56 Å². The van der Waals surface area contributed by atoms with E-state index in [9.17, 15) is 4.79 Å². The molecule has 0 aliphatic rings. The van der Waals surface area contributed by atoms with Gasteiger partial charge in [-0.05, 0) is 42.8 Å². The fourth-order valence-corrected chi connectivity index (χ4v) is 1.80. The summed E-state index contributed by atoms with van der Waals surface area (Å²) in [5.41, 5.74) is 0.513. The minimum Gasteiger partial charge on any atom is -0.307 e. The van der Waals surface area contributed by atoms with Crippen molar-refractivity contribution in [2.24, 2.45) is 0 Å². The lowest BCUT2D eigenvalue weighted by Gasteiger charge is -2.09. The predicted octanol–water partition coefficient (Wildman–Crippen LogP) is 0.644. The number of hydrogen-bond donors (Lipinski definition) is 0. The predicted molar refractivity (Wildman–Crippen MR) is 67.5 cm³/mol. The number of tetrazole rings is 1. The number of hydrogen-bond acceptors (Lipinski definition) is 5. The van der Waals surface area contributed by atoms with Crippen molar-refractivity contribution in [3.05, 3.63) is 39.6 Å². The summed E-state index contributed by atoms with van der Waals surface area (Å²) in [7, 11) is 0. The van der Waals surface area contributed by atoms with Crippen molar-refractivity contribution in [1.29, 1.82) is 5.26 Å². The summed E-state index contributed by atoms with van der Waals surface area (Å²) in [4.78, 5) is 12.1. The highest BCUT2D eigenvalue weighted by Gasteiger charge is 2.12. The maximum absolute atomic E-state index is 12.1. The Bertz CT molecular complexity index is 691. The summed E-state index contributed by atoms with van der Waals surface area (Å²) < 4.78 is 3.09. The van der Waals surface area contributed by atoms with E-state index in [4.69, 9.17) is 5.26 Å². The lowest BCUT2D eigenvalue weighted by molar-refractivity contribution is 0.484. The average Bonchev–Trinajstić information content (AvgIpc) is 2.82. The first-order chi connectivity index (χ1) is 9.04. The first-order valence-corrected chi connectivity index (χ1v) is 5.91. The van der Waals surface area contributed by atoms with E-state index in [0.717, 1.165) is 0 Å². The van der Waals surface area contributed by atoms with Crippen molar-refractivity contribution in [2.45, 2.75) is 33.4 Å². The zero-order chi connectivity index (χ0) is 14.0. The van der Waals surface area contributed by atoms with Crippen LogP contribution in [-0.4, -0.2) is 24.8 Å². The van der Waals surface area contributed by atoms with E-state index in [2.05, 4.69) is 15.5 Å². The van der Waals surface area contributed by atoms with E-state index in [0.29, 0.717) is 11.4 Å². The summed E-state index contributed by atoms with van der Waals surface area (Å²) in [6.07, 6.45) is 1.65. The highest BCUT2D eigenvalue weighted by Crippen LogP contribution is 2.06. The molecule has 2 aromatic rings. The third-order valence-corrected chi connectivity index (χ3v) is 2.85. The van der Waals surface area contributed by atoms with Gasteiger partial charge in [0.2, 0.25) is 0 Å². The average molecular weight is 258 g/mol. The molecule has 0 atom stereocenters. The molecule has 7 nitrogen and oxygen atoms in total. The molecule has 19 heavy (non-hydrogen) atoms. The second-order valence-corrected chi connectivity index (χ2v) is 4.55. The van der Waals surface area contributed by atoms with E-state index in [1.54, 1.807) is 23.9 Å². The molecule has 0 aliphatic carbocycles. The molecule has 0 amide bonds. The molecular weight excluding hydrogens is 244 g/mol. The molecule has 98 valence electrons. The van der Waals surface area contributed by atoms with E-state index < -0.39 is 0 Å². The summed E-state index contributed by atoms with van der Waals surface area (Å²) in [5.74, 6) is 0.588. The van der Waals surface area contributed by atoms with Gasteiger partial charge in [-0.25, -0.2) is 4.68 Å². The lowest BCUT2D eigenvalue weighted by Crippen LogP contribution is -2.25. The van der Waals surface area contributed by atoms with Crippen molar-refractivity contribution in [1.82, 2.24) is 24.8 Å². The highest BCUT2D eigenvalue weighted by atomic mass is 16.1. The van der Waals surface area contributed by atoms with Gasteiger partial charge in [-0.15, -0.1) is 5.10 Å². The van der Waals surface area contributed by atoms with Gasteiger partial charge < -0.3 is 4.57 Å². The summed E-state index contributed by atoms with van der Waals surface area (Å²) in [6.45, 7) is 5.90. The molecule has 2 heterocycles. The van der Waals surface area contributed by atoms with Crippen LogP contribution in [0.15, 0.2) is 17.1 Å². The van der Waals surface area contributed by atoms with E-state index in [1.807, 2.05) is 19.9 Å². The van der Waals surface area contributed by atoms with Crippen LogP contribution in [0.3, 0.4) is 0 Å². The van der Waals surface area contributed by atoms with Crippen molar-refractivity contribution < 1.29 is 0 Å². The van der Waals surface area contributed by atoms with Crippen molar-refractivity contribution in [3.63, 3.8) is 0 Å². The quantitative estimate of drug-likeness (QED) is 0.806. The van der Waals surface area contributed by atoms with Crippen LogP contribution in [0.5, 0.6) is 0 Å². The van der Waals surface area contributed by atoms with Crippen LogP contribution in [0.4, 0.5) is 0 Å². The van der Waals surface area contributed by atoms with Crippen LogP contribution < -0.4 is 5.56 Å². The van der Waals surface area contributed by atoms with Crippen LogP contribution in [-0.2, 0) is 6.54 Å². The van der Waals surface area contributed by atoms with Crippen molar-refractivity contribution in [2.75, 3.05) is 0 Å². The summed E-state index contributed by atoms with van der Waals surface area (Å²) >= 11 is 0. The molecule has 0 saturated carbocycles. The minimum atomic E-state index is -0.319. The Morgan fingerprint density at radius 1 is 1.47 bits per heavy atom. The Hall–Kier alpha value is -2.49. The molecule has 0 spiro atoms. The standard InChI is InChI=1S/C12H14N6O/c1-8(2)18-11(14-15-16-18)7-17-5-4-9(3)10(6-13)12(17)19/h4-5,8H,7H2,1-3H3. The van der Waals surface area contributed by atoms with Gasteiger partial charge >= 0.3 is 0 Å². The number of pyridine rings is 1. The van der Waals surface area contributed by atoms with Crippen LogP contribution in [0, 0.1) is 18.3 Å². The van der Waals surface area contributed by atoms with Gasteiger partial charge in [-0.1, -0.05) is 0 Å². The van der Waals surface area contributed by atoms with Crippen molar-refractivity contribution >= 4 is 0 Å². The van der Waals surface area contributed by atoms with E-state index in [1.165, 1.54) is 4.57 Å². The molecule has 0 aromatic carbocycles. The molecule has 2 aromatic heterocycles. The normalized spacial score (nSPS) is 10.7. The molecule has 0 fully saturated rings. The molecule has 0 unspecified atom stereocenters. The zero-order valence-electron chi connectivity index (χ0n) is 11.0. The maximum atomic E-state index is 12.1. The SMILES string of the molecule is Cc1ccn(Cc2nnnn2C(C)C)c(=O)c1C#N. The number of rotatable bonds is 3. The Kier molecular flexibility index (Phi) is 3.42. The smallest absolute Gasteiger partial charge is 0.269 e. The highest BCUT2D eigenvalue weighted by molar-refractivity contribution is 5.34. The summed E-state index contributed by atoms with van der Waals surface area (Å²) in [6, 6.07) is 3.78. The molecule has 7 heteroatoms. The van der Waals surface area contributed by atoms with Crippen LogP contribution in [0.2, 0.25) is 0 Å². The number of nitrogens with zero attached hydrogens (tertiary/aromatic N) is 6. The van der Waals surface area contributed by atoms with Crippen LogP contribution >= 0.6 is 0 Å². The third-order valence-electron chi connectivity index (χ3n) is 2.85. The second-order valence-electron chi connectivity index (χ2n) is 4.55. The third kappa shape index (κ3) is 2.38. The first-order valence-electron chi connectivity index (χ1n) is 5.91. The van der Waals surface area contributed by atoms with E-state index >= 15 is 0 Å². The van der Waals surface area contributed by atoms with Gasteiger partial charge in [-0.2, -0.15) is 5.26 Å². The Morgan fingerprint density at radius 2 is 2.21 bits per heavy atom. The Morgan fingerprint density at radius 3 is 2.84 bits per heavy atom. The topological polar surface area (TPSA) is 89.4 Å². The lowest BCUT2D eigenvalue weighted by atomic mass is 10.2. The number of aryl methyl sites for hydroxylation is 1. The van der Waals surface area contributed by atoms with Crippen molar-refractivity contribution in [3.8, 4) is 6.07 Å². The molecule has 0 radical (unpaired) electrons. The number of aromatic nitrogens is 5. The number of nitriles is 1. The second kappa shape index (κ2) is 5.02. The largest absolute Gasteiger partial charge is 0.307 e. The van der Waals surface area contributed by atoms with Gasteiger partial charge in [0.05, 0.1) is 12.6 Å². The fraction of sp³-hybridized carbons (Fsp3) is 0.417. The van der Waals surface area contributed by atoms with Gasteiger partial charge in [0.15, 0.2) is 5.82 Å². The molecule has 0 aliphatic heterocycles. The Balaban J connectivity index is 2.43. The zero-order valence-corrected chi connectivity index (χ0v) is 11.0. The van der Waals surface area contributed by atoms with Gasteiger partial charge in [-0.3, -0.25) is 4.79 Å². The monoisotopic (exact) mass is 258 g/mol. The molecule has 0 bridgehead atoms. The molecular formula is C12H14N6O. The Labute approximate surface area is 110 Å². The molecule has 0 N–H and O–H groups in total. The first kappa shape index (κ1) is 13.0. The molecule has 2 rings (SSSR count).